The summed E-state index contributed by atoms with van der Waals surface area (Å²) in [5.41, 5.74) is 0.527. The van der Waals surface area contributed by atoms with Crippen LogP contribution < -0.4 is 16.0 Å². The molecule has 3 N–H and O–H groups in total. The third-order valence-corrected chi connectivity index (χ3v) is 6.22. The van der Waals surface area contributed by atoms with Gasteiger partial charge in [0, 0.05) is 17.6 Å². The predicted octanol–water partition coefficient (Wildman–Crippen LogP) is 1.71. The number of nitrogens with one attached hydrogen (secondary N) is 3. The number of allylic oxidation sites excluding steroid dienone is 2. The van der Waals surface area contributed by atoms with E-state index in [9.17, 15) is 24.0 Å². The highest BCUT2D eigenvalue weighted by molar-refractivity contribution is 8.13. The van der Waals surface area contributed by atoms with Crippen molar-refractivity contribution in [2.75, 3.05) is 18.6 Å². The zero-order valence-corrected chi connectivity index (χ0v) is 21.3. The lowest BCUT2D eigenvalue weighted by atomic mass is 10.2. The second-order valence-corrected chi connectivity index (χ2v) is 9.38. The number of pyridine rings is 1. The van der Waals surface area contributed by atoms with E-state index in [2.05, 4.69) is 20.9 Å². The molecule has 188 valence electrons. The van der Waals surface area contributed by atoms with Gasteiger partial charge in [-0.05, 0) is 37.8 Å². The van der Waals surface area contributed by atoms with Crippen LogP contribution in [0.5, 0.6) is 0 Å². The molecule has 1 aliphatic heterocycles. The summed E-state index contributed by atoms with van der Waals surface area (Å²) in [4.78, 5) is 66.2. The molecular formula is C23H28N4O6S2. The van der Waals surface area contributed by atoms with E-state index < -0.39 is 30.4 Å². The van der Waals surface area contributed by atoms with Crippen LogP contribution >= 0.6 is 23.5 Å². The number of carbonyl (C=O) groups excluding carboxylic acids is 5. The Labute approximate surface area is 212 Å². The first kappa shape index (κ1) is 28.1. The Morgan fingerprint density at radius 3 is 2.63 bits per heavy atom. The molecule has 0 aliphatic carbocycles. The van der Waals surface area contributed by atoms with E-state index in [4.69, 9.17) is 4.74 Å². The Balaban J connectivity index is 2.26. The van der Waals surface area contributed by atoms with Gasteiger partial charge in [0.1, 0.15) is 24.0 Å². The lowest BCUT2D eigenvalue weighted by Gasteiger charge is -2.17. The van der Waals surface area contributed by atoms with E-state index in [0.717, 1.165) is 0 Å². The van der Waals surface area contributed by atoms with E-state index in [0.29, 0.717) is 22.8 Å². The first-order valence-corrected chi connectivity index (χ1v) is 13.0. The van der Waals surface area contributed by atoms with E-state index in [-0.39, 0.29) is 35.4 Å². The number of thioether (sulfide) groups is 2. The molecule has 0 fully saturated rings. The molecule has 0 spiro atoms. The lowest BCUT2D eigenvalue weighted by molar-refractivity contribution is -0.147. The van der Waals surface area contributed by atoms with Crippen molar-refractivity contribution in [3.05, 3.63) is 47.4 Å². The van der Waals surface area contributed by atoms with Gasteiger partial charge in [-0.15, -0.1) is 11.8 Å². The number of nitrogens with zero attached hydrogens (tertiary/aromatic N) is 1. The van der Waals surface area contributed by atoms with Crippen molar-refractivity contribution in [2.24, 2.45) is 0 Å². The quantitative estimate of drug-likeness (QED) is 0.174. The molecule has 1 aliphatic rings. The molecule has 35 heavy (non-hydrogen) atoms. The maximum Gasteiger partial charge on any atom is 0.326 e. The Morgan fingerprint density at radius 2 is 1.94 bits per heavy atom. The zero-order valence-electron chi connectivity index (χ0n) is 19.7. The SMILES string of the molecule is C/C=C1\NC(=O)c2nc(ccc2SC)CNC(=O)C[C@@H](/C=C/CCSC(C)=O)OC(=O)CNC1=O. The minimum absolute atomic E-state index is 0.00340. The highest BCUT2D eigenvalue weighted by Gasteiger charge is 2.21. The van der Waals surface area contributed by atoms with Gasteiger partial charge in [0.2, 0.25) is 5.91 Å². The summed E-state index contributed by atoms with van der Waals surface area (Å²) < 4.78 is 5.36. The Bertz CT molecular complexity index is 1040. The fraction of sp³-hybridized carbons (Fsp3) is 0.391. The number of hydrogen-bond acceptors (Lipinski definition) is 9. The maximum atomic E-state index is 12.8. The number of rotatable bonds is 5. The van der Waals surface area contributed by atoms with E-state index in [1.807, 2.05) is 0 Å². The van der Waals surface area contributed by atoms with Crippen molar-refractivity contribution >= 4 is 52.3 Å². The van der Waals surface area contributed by atoms with Gasteiger partial charge in [0.05, 0.1) is 18.7 Å². The summed E-state index contributed by atoms with van der Waals surface area (Å²) in [5.74, 6) is -1.83. The summed E-state index contributed by atoms with van der Waals surface area (Å²) in [6, 6.07) is 3.42. The van der Waals surface area contributed by atoms with Crippen LogP contribution in [0.15, 0.2) is 41.0 Å². The number of hydrogen-bond donors (Lipinski definition) is 3. The monoisotopic (exact) mass is 520 g/mol. The molecular weight excluding hydrogens is 492 g/mol. The van der Waals surface area contributed by atoms with Gasteiger partial charge in [-0.25, -0.2) is 4.98 Å². The summed E-state index contributed by atoms with van der Waals surface area (Å²) in [7, 11) is 0. The zero-order chi connectivity index (χ0) is 25.8. The van der Waals surface area contributed by atoms with Crippen LogP contribution in [-0.2, 0) is 30.5 Å². The minimum atomic E-state index is -0.863. The smallest absolute Gasteiger partial charge is 0.326 e. The van der Waals surface area contributed by atoms with Crippen molar-refractivity contribution in [1.82, 2.24) is 20.9 Å². The van der Waals surface area contributed by atoms with Gasteiger partial charge in [0.15, 0.2) is 5.12 Å². The van der Waals surface area contributed by atoms with Crippen LogP contribution in [0.3, 0.4) is 0 Å². The Hall–Kier alpha value is -3.12. The van der Waals surface area contributed by atoms with Gasteiger partial charge in [-0.2, -0.15) is 0 Å². The Morgan fingerprint density at radius 1 is 1.17 bits per heavy atom. The predicted molar refractivity (Wildman–Crippen MR) is 133 cm³/mol. The average Bonchev–Trinajstić information content (AvgIpc) is 2.83. The molecule has 2 heterocycles. The standard InChI is InChI=1S/C23H28N4O6S2/c1-4-17-22(31)25-13-20(30)33-16(7-5-6-10-35-14(2)28)11-19(29)24-12-15-8-9-18(34-3)21(26-15)23(32)27-17/h4-5,7-9,16H,6,10-13H2,1-3H3,(H,24,29)(H,25,31)(H,27,32)/b7-5+,17-4-/t16-/m1/s1. The summed E-state index contributed by atoms with van der Waals surface area (Å²) in [6.45, 7) is 2.66. The van der Waals surface area contributed by atoms with E-state index >= 15 is 0 Å². The van der Waals surface area contributed by atoms with Crippen LogP contribution in [0.2, 0.25) is 0 Å². The molecule has 3 amide bonds. The topological polar surface area (TPSA) is 144 Å². The van der Waals surface area contributed by atoms with Crippen molar-refractivity contribution in [3.63, 3.8) is 0 Å². The fourth-order valence-electron chi connectivity index (χ4n) is 2.92. The molecule has 1 aromatic rings. The maximum absolute atomic E-state index is 12.8. The molecule has 0 unspecified atom stereocenters. The van der Waals surface area contributed by atoms with Gasteiger partial charge in [-0.3, -0.25) is 24.0 Å². The molecule has 0 saturated carbocycles. The molecule has 12 heteroatoms. The van der Waals surface area contributed by atoms with Gasteiger partial charge < -0.3 is 20.7 Å². The second kappa shape index (κ2) is 14.3. The first-order chi connectivity index (χ1) is 16.7. The van der Waals surface area contributed by atoms with Crippen LogP contribution in [-0.4, -0.2) is 58.4 Å². The summed E-state index contributed by atoms with van der Waals surface area (Å²) in [6.07, 6.45) is 6.07. The summed E-state index contributed by atoms with van der Waals surface area (Å²) in [5, 5.41) is 7.65. The molecule has 1 aromatic heterocycles. The van der Waals surface area contributed by atoms with Gasteiger partial charge in [-0.1, -0.05) is 23.9 Å². The highest BCUT2D eigenvalue weighted by Crippen LogP contribution is 2.19. The number of ether oxygens (including phenoxy) is 1. The van der Waals surface area contributed by atoms with Crippen LogP contribution in [0.4, 0.5) is 0 Å². The lowest BCUT2D eigenvalue weighted by Crippen LogP contribution is -2.39. The van der Waals surface area contributed by atoms with Crippen molar-refractivity contribution in [3.8, 4) is 0 Å². The van der Waals surface area contributed by atoms with Gasteiger partial charge >= 0.3 is 5.97 Å². The van der Waals surface area contributed by atoms with E-state index in [1.54, 1.807) is 37.5 Å². The fourth-order valence-corrected chi connectivity index (χ4v) is 4.00. The number of carbonyl (C=O) groups is 5. The molecule has 0 saturated heterocycles. The van der Waals surface area contributed by atoms with Crippen LogP contribution in [0.25, 0.3) is 0 Å². The van der Waals surface area contributed by atoms with Crippen molar-refractivity contribution < 1.29 is 28.7 Å². The molecule has 2 bridgehead atoms. The summed E-state index contributed by atoms with van der Waals surface area (Å²) >= 11 is 2.49. The largest absolute Gasteiger partial charge is 0.456 e. The van der Waals surface area contributed by atoms with Gasteiger partial charge in [0.25, 0.3) is 11.8 Å². The number of cyclic esters (lactones) is 1. The number of amides is 3. The number of esters is 1. The third-order valence-electron chi connectivity index (χ3n) is 4.60. The molecule has 2 rings (SSSR count). The average molecular weight is 521 g/mol. The normalized spacial score (nSPS) is 19.2. The van der Waals surface area contributed by atoms with E-state index in [1.165, 1.54) is 36.5 Å². The second-order valence-electron chi connectivity index (χ2n) is 7.26. The van der Waals surface area contributed by atoms with Crippen LogP contribution in [0, 0.1) is 0 Å². The van der Waals surface area contributed by atoms with Crippen molar-refractivity contribution in [1.29, 1.82) is 0 Å². The molecule has 10 nitrogen and oxygen atoms in total. The van der Waals surface area contributed by atoms with Crippen LogP contribution in [0.1, 0.15) is 42.9 Å². The molecule has 0 aromatic carbocycles. The minimum Gasteiger partial charge on any atom is -0.456 e. The third kappa shape index (κ3) is 9.57. The Kier molecular flexibility index (Phi) is 11.5. The highest BCUT2D eigenvalue weighted by atomic mass is 32.2. The molecule has 1 atom stereocenters. The molecule has 0 radical (unpaired) electrons. The first-order valence-electron chi connectivity index (χ1n) is 10.8. The number of fused-ring (bicyclic) bond motifs is 2. The number of aromatic nitrogens is 1. The van der Waals surface area contributed by atoms with Crippen molar-refractivity contribution in [2.45, 2.75) is 44.2 Å².